The van der Waals surface area contributed by atoms with Crippen molar-refractivity contribution in [3.05, 3.63) is 0 Å². The minimum absolute atomic E-state index is 0.0217. The number of amides is 3. The van der Waals surface area contributed by atoms with Crippen LogP contribution in [0, 0.1) is 17.8 Å². The van der Waals surface area contributed by atoms with E-state index in [1.807, 2.05) is 27.7 Å². The Morgan fingerprint density at radius 3 is 1.94 bits per heavy atom. The molecule has 3 aliphatic heterocycles. The van der Waals surface area contributed by atoms with Crippen LogP contribution in [0.3, 0.4) is 0 Å². The third-order valence-electron chi connectivity index (χ3n) is 12.2. The van der Waals surface area contributed by atoms with Gasteiger partial charge in [0.2, 0.25) is 11.8 Å². The highest BCUT2D eigenvalue weighted by Gasteiger charge is 2.61. The van der Waals surface area contributed by atoms with Crippen LogP contribution >= 0.6 is 0 Å². The van der Waals surface area contributed by atoms with Crippen molar-refractivity contribution in [3.8, 4) is 0 Å². The van der Waals surface area contributed by atoms with Gasteiger partial charge < -0.3 is 114 Å². The maximum absolute atomic E-state index is 13.8. The summed E-state index contributed by atoms with van der Waals surface area (Å²) in [5, 5.41) is 106. The van der Waals surface area contributed by atoms with Crippen LogP contribution in [0.15, 0.2) is 0 Å². The van der Waals surface area contributed by atoms with Crippen LogP contribution in [0.2, 0.25) is 0 Å². The fraction of sp³-hybridized carbons (Fsp3) is 0.907. The molecule has 6 unspecified atom stereocenters. The Hall–Kier alpha value is -3.04. The number of rotatable bonds is 28. The second kappa shape index (κ2) is 29.6. The van der Waals surface area contributed by atoms with Gasteiger partial charge in [-0.2, -0.15) is 0 Å². The summed E-state index contributed by atoms with van der Waals surface area (Å²) in [6.07, 6.45) is -26.4. The highest BCUT2D eigenvalue weighted by molar-refractivity contribution is 5.82. The lowest BCUT2D eigenvalue weighted by Crippen LogP contribution is -2.71. The predicted octanol–water partition coefficient (Wildman–Crippen LogP) is -5.61. The maximum Gasteiger partial charge on any atom is 0.407 e. The Morgan fingerprint density at radius 2 is 1.37 bits per heavy atom. The Labute approximate surface area is 406 Å². The molecular weight excluding hydrogens is 942 g/mol. The monoisotopic (exact) mass is 1020 g/mol. The van der Waals surface area contributed by atoms with E-state index in [0.717, 1.165) is 7.11 Å². The van der Waals surface area contributed by atoms with Crippen LogP contribution in [-0.4, -0.2) is 261 Å². The lowest BCUT2D eigenvalue weighted by Gasteiger charge is -2.52. The van der Waals surface area contributed by atoms with Crippen LogP contribution < -0.4 is 16.0 Å². The van der Waals surface area contributed by atoms with E-state index in [2.05, 4.69) is 16.0 Å². The first-order chi connectivity index (χ1) is 33.1. The summed E-state index contributed by atoms with van der Waals surface area (Å²) in [5.74, 6) is -6.39. The molecule has 27 nitrogen and oxygen atoms in total. The largest absolute Gasteiger partial charge is 0.465 e. The number of carbonyl (C=O) groups is 4. The molecule has 0 radical (unpaired) electrons. The molecule has 0 saturated carbocycles. The van der Waals surface area contributed by atoms with Crippen LogP contribution in [0.4, 0.5) is 4.79 Å². The molecule has 3 heterocycles. The molecule has 0 aromatic rings. The van der Waals surface area contributed by atoms with Gasteiger partial charge >= 0.3 is 12.1 Å². The maximum atomic E-state index is 13.8. The van der Waals surface area contributed by atoms with Crippen molar-refractivity contribution in [1.29, 1.82) is 0 Å². The van der Waals surface area contributed by atoms with E-state index in [0.29, 0.717) is 6.61 Å². The molecule has 3 aliphatic rings. The fourth-order valence-corrected chi connectivity index (χ4v) is 8.80. The smallest absolute Gasteiger partial charge is 0.407 e. The molecule has 0 spiro atoms. The first kappa shape index (κ1) is 61.3. The number of ether oxygens (including phenoxy) is 11. The van der Waals surface area contributed by atoms with Gasteiger partial charge in [-0.3, -0.25) is 9.59 Å². The molecule has 0 aromatic carbocycles. The standard InChI is InChI=1S/C43H77N3O24/c1-20(2)29(21(3)4)36-31(45-22(5)50)37(33(55)26(16-48)66-36)68-40-35(57)39(34(56)27(17-49)67-40)70-43(41(58)62-8)13-24(51)30(38(69-43)32(54)25(52)15-47)46-28(53)14-44-42(59)65-19-23(64-12-10-61-7)18-63-11-9-60-6/h20-21,23-27,29-40,47-49,51-52,54-57H,9-19H2,1-8H3,(H,44,59)(H,45,50)(H,46,53)/t23?,24-,25+,26?,27?,30+,31?,32+,33-,34-,35?,36-,37+,38?,39-,40-,43-/m0/s1. The van der Waals surface area contributed by atoms with E-state index in [1.165, 1.54) is 21.1 Å². The zero-order valence-corrected chi connectivity index (χ0v) is 40.9. The Morgan fingerprint density at radius 1 is 0.757 bits per heavy atom. The van der Waals surface area contributed by atoms with E-state index in [-0.39, 0.29) is 50.8 Å². The number of nitrogens with one attached hydrogen (secondary N) is 3. The van der Waals surface area contributed by atoms with Gasteiger partial charge in [0, 0.05) is 27.6 Å². The topological polar surface area (TPSA) is 388 Å². The van der Waals surface area contributed by atoms with Crippen molar-refractivity contribution in [1.82, 2.24) is 16.0 Å². The van der Waals surface area contributed by atoms with E-state index in [9.17, 15) is 65.1 Å². The summed E-state index contributed by atoms with van der Waals surface area (Å²) in [5.41, 5.74) is 0. The predicted molar refractivity (Wildman–Crippen MR) is 235 cm³/mol. The van der Waals surface area contributed by atoms with E-state index < -0.39 is 160 Å². The number of esters is 1. The molecule has 17 atom stereocenters. The van der Waals surface area contributed by atoms with E-state index in [1.54, 1.807) is 0 Å². The molecule has 70 heavy (non-hydrogen) atoms. The normalized spacial score (nSPS) is 32.8. The van der Waals surface area contributed by atoms with Crippen molar-refractivity contribution in [3.63, 3.8) is 0 Å². The number of methoxy groups -OCH3 is 3. The van der Waals surface area contributed by atoms with Gasteiger partial charge in [-0.15, -0.1) is 0 Å². The van der Waals surface area contributed by atoms with Gasteiger partial charge in [0.15, 0.2) is 6.29 Å². The van der Waals surface area contributed by atoms with Crippen LogP contribution in [0.1, 0.15) is 41.0 Å². The first-order valence-electron chi connectivity index (χ1n) is 23.1. The zero-order chi connectivity index (χ0) is 52.5. The third kappa shape index (κ3) is 16.5. The number of alkyl carbamates (subject to hydrolysis) is 1. The number of aliphatic hydroxyl groups excluding tert-OH is 9. The fourth-order valence-electron chi connectivity index (χ4n) is 8.80. The average molecular weight is 1020 g/mol. The lowest BCUT2D eigenvalue weighted by molar-refractivity contribution is -0.379. The van der Waals surface area contributed by atoms with Gasteiger partial charge in [-0.1, -0.05) is 27.7 Å². The summed E-state index contributed by atoms with van der Waals surface area (Å²) >= 11 is 0. The van der Waals surface area contributed by atoms with Crippen molar-refractivity contribution in [2.75, 3.05) is 87.3 Å². The van der Waals surface area contributed by atoms with Gasteiger partial charge in [0.25, 0.3) is 5.79 Å². The zero-order valence-electron chi connectivity index (χ0n) is 40.9. The molecular formula is C43H77N3O24. The molecule has 3 amide bonds. The number of carbonyl (C=O) groups excluding carboxylic acids is 4. The van der Waals surface area contributed by atoms with E-state index in [4.69, 9.17) is 52.1 Å². The molecule has 408 valence electrons. The SMILES string of the molecule is COCCOCC(COC(=O)NCC(=O)N[C@H]1C([C@H](O)[C@H](O)CO)O[C@@](O[C@@H]2C(O)[C@H](O[C@@H]3C(NC(C)=O)[C@H](C(C(C)C)C(C)C)OC(CO)[C@@H]3O)OC(CO)[C@@H]2O)(C(=O)OC)C[C@@H]1O)OCCOC. The Kier molecular flexibility index (Phi) is 25.9. The van der Waals surface area contributed by atoms with E-state index >= 15 is 0 Å². The summed E-state index contributed by atoms with van der Waals surface area (Å²) < 4.78 is 61.3. The van der Waals surface area contributed by atoms with Crippen molar-refractivity contribution in [2.45, 2.75) is 145 Å². The number of aliphatic hydroxyl groups is 9. The molecule has 3 saturated heterocycles. The summed E-state index contributed by atoms with van der Waals surface area (Å²) in [7, 11) is 3.84. The van der Waals surface area contributed by atoms with Crippen molar-refractivity contribution in [2.24, 2.45) is 17.8 Å². The minimum Gasteiger partial charge on any atom is -0.465 e. The molecule has 27 heteroatoms. The summed E-state index contributed by atoms with van der Waals surface area (Å²) in [6.45, 7) is 5.96. The highest BCUT2D eigenvalue weighted by Crippen LogP contribution is 2.40. The molecule has 0 aliphatic carbocycles. The lowest BCUT2D eigenvalue weighted by atomic mass is 9.75. The number of hydrogen-bond acceptors (Lipinski definition) is 24. The second-order valence-electron chi connectivity index (χ2n) is 17.9. The Balaban J connectivity index is 1.91. The van der Waals surface area contributed by atoms with Gasteiger partial charge in [0.1, 0.15) is 80.3 Å². The van der Waals surface area contributed by atoms with Crippen molar-refractivity contribution < 1.29 is 117 Å². The van der Waals surface area contributed by atoms with Crippen LogP contribution in [-0.2, 0) is 66.5 Å². The minimum atomic E-state index is -2.94. The second-order valence-corrected chi connectivity index (χ2v) is 17.9. The molecule has 12 N–H and O–H groups in total. The molecule has 3 rings (SSSR count). The first-order valence-corrected chi connectivity index (χ1v) is 23.1. The third-order valence-corrected chi connectivity index (χ3v) is 12.2. The van der Waals surface area contributed by atoms with Crippen molar-refractivity contribution >= 4 is 23.9 Å². The van der Waals surface area contributed by atoms with Gasteiger partial charge in [-0.05, 0) is 17.8 Å². The van der Waals surface area contributed by atoms with Crippen LogP contribution in [0.25, 0.3) is 0 Å². The van der Waals surface area contributed by atoms with Gasteiger partial charge in [0.05, 0.1) is 84.3 Å². The molecule has 3 fully saturated rings. The van der Waals surface area contributed by atoms with Gasteiger partial charge in [-0.25, -0.2) is 9.59 Å². The summed E-state index contributed by atoms with van der Waals surface area (Å²) in [6, 6.07) is -2.90. The molecule has 0 bridgehead atoms. The Bertz CT molecular complexity index is 1580. The number of hydrogen-bond donors (Lipinski definition) is 12. The molecule has 0 aromatic heterocycles. The van der Waals surface area contributed by atoms with Crippen LogP contribution in [0.5, 0.6) is 0 Å². The average Bonchev–Trinajstić information content (AvgIpc) is 3.32. The quantitative estimate of drug-likeness (QED) is 0.0257. The highest BCUT2D eigenvalue weighted by atomic mass is 16.8. The summed E-state index contributed by atoms with van der Waals surface area (Å²) in [4.78, 5) is 52.3.